The maximum atomic E-state index is 4.54. The van der Waals surface area contributed by atoms with E-state index in [0.717, 1.165) is 41.2 Å². The molecule has 0 aromatic carbocycles. The van der Waals surface area contributed by atoms with Crippen molar-refractivity contribution < 1.29 is 0 Å². The second-order valence-corrected chi connectivity index (χ2v) is 7.55. The summed E-state index contributed by atoms with van der Waals surface area (Å²) in [7, 11) is 0. The topological polar surface area (TPSA) is 68.5 Å². The number of hydrogen-bond donors (Lipinski definition) is 1. The van der Waals surface area contributed by atoms with Crippen molar-refractivity contribution in [2.45, 2.75) is 45.1 Å². The number of aryl methyl sites for hydroxylation is 2. The predicted molar refractivity (Wildman–Crippen MR) is 86.7 cm³/mol. The summed E-state index contributed by atoms with van der Waals surface area (Å²) in [5.74, 6) is 1.48. The standard InChI is InChI=1S/C13H22N6S2/c1-9(2)7-14-5-6-19-13(16-17-18-19)20-8-12-15-10(3)11(4)21-12/h9,14H,5-8H2,1-4H3. The summed E-state index contributed by atoms with van der Waals surface area (Å²) in [4.78, 5) is 5.82. The molecule has 2 heterocycles. The molecule has 2 aromatic rings. The predicted octanol–water partition coefficient (Wildman–Crippen LogP) is 2.28. The van der Waals surface area contributed by atoms with E-state index in [-0.39, 0.29) is 0 Å². The van der Waals surface area contributed by atoms with Gasteiger partial charge in [0.25, 0.3) is 0 Å². The van der Waals surface area contributed by atoms with Crippen LogP contribution in [-0.2, 0) is 12.3 Å². The number of thioether (sulfide) groups is 1. The quantitative estimate of drug-likeness (QED) is 0.593. The smallest absolute Gasteiger partial charge is 0.209 e. The van der Waals surface area contributed by atoms with Gasteiger partial charge in [-0.05, 0) is 36.7 Å². The van der Waals surface area contributed by atoms with Crippen molar-refractivity contribution in [1.29, 1.82) is 0 Å². The number of aromatic nitrogens is 5. The molecule has 116 valence electrons. The normalized spacial score (nSPS) is 11.5. The Hall–Kier alpha value is -0.990. The van der Waals surface area contributed by atoms with Gasteiger partial charge < -0.3 is 5.32 Å². The number of thiazole rings is 1. The summed E-state index contributed by atoms with van der Waals surface area (Å²) < 4.78 is 1.85. The second kappa shape index (κ2) is 7.86. The average molecular weight is 326 g/mol. The minimum absolute atomic E-state index is 0.657. The van der Waals surface area contributed by atoms with E-state index in [1.54, 1.807) is 23.1 Å². The molecule has 0 fully saturated rings. The Bertz CT molecular complexity index is 543. The molecule has 0 amide bonds. The molecule has 0 saturated carbocycles. The van der Waals surface area contributed by atoms with E-state index in [2.05, 4.69) is 46.6 Å². The van der Waals surface area contributed by atoms with Gasteiger partial charge in [0.1, 0.15) is 5.01 Å². The van der Waals surface area contributed by atoms with Gasteiger partial charge in [0, 0.05) is 11.4 Å². The van der Waals surface area contributed by atoms with Crippen LogP contribution in [0.15, 0.2) is 5.16 Å². The first-order valence-electron chi connectivity index (χ1n) is 7.09. The summed E-state index contributed by atoms with van der Waals surface area (Å²) in [6.45, 7) is 11.2. The van der Waals surface area contributed by atoms with Crippen LogP contribution >= 0.6 is 23.1 Å². The van der Waals surface area contributed by atoms with E-state index in [0.29, 0.717) is 5.92 Å². The van der Waals surface area contributed by atoms with Gasteiger partial charge in [0.2, 0.25) is 5.16 Å². The van der Waals surface area contributed by atoms with E-state index in [1.807, 2.05) is 11.6 Å². The van der Waals surface area contributed by atoms with Gasteiger partial charge in [-0.2, -0.15) is 0 Å². The Morgan fingerprint density at radius 3 is 2.81 bits per heavy atom. The van der Waals surface area contributed by atoms with Crippen molar-refractivity contribution in [3.63, 3.8) is 0 Å². The third kappa shape index (κ3) is 5.05. The lowest BCUT2D eigenvalue weighted by atomic mass is 10.2. The van der Waals surface area contributed by atoms with E-state index in [9.17, 15) is 0 Å². The van der Waals surface area contributed by atoms with Crippen LogP contribution in [0.2, 0.25) is 0 Å². The Labute approximate surface area is 133 Å². The molecular formula is C13H22N6S2. The molecule has 1 N–H and O–H groups in total. The Morgan fingerprint density at radius 2 is 2.14 bits per heavy atom. The second-order valence-electron chi connectivity index (χ2n) is 5.32. The maximum absolute atomic E-state index is 4.54. The van der Waals surface area contributed by atoms with E-state index in [4.69, 9.17) is 0 Å². The zero-order chi connectivity index (χ0) is 15.2. The molecule has 0 spiro atoms. The van der Waals surface area contributed by atoms with Gasteiger partial charge in [0.15, 0.2) is 0 Å². The van der Waals surface area contributed by atoms with Crippen LogP contribution in [0.3, 0.4) is 0 Å². The van der Waals surface area contributed by atoms with Gasteiger partial charge in [-0.25, -0.2) is 9.67 Å². The fourth-order valence-corrected chi connectivity index (χ4v) is 3.57. The van der Waals surface area contributed by atoms with Crippen molar-refractivity contribution in [1.82, 2.24) is 30.5 Å². The Kier molecular flexibility index (Phi) is 6.13. The fourth-order valence-electron chi connectivity index (χ4n) is 1.74. The molecule has 0 atom stereocenters. The van der Waals surface area contributed by atoms with Crippen LogP contribution in [-0.4, -0.2) is 38.3 Å². The van der Waals surface area contributed by atoms with Crippen LogP contribution in [0, 0.1) is 19.8 Å². The highest BCUT2D eigenvalue weighted by Gasteiger charge is 2.09. The molecule has 0 radical (unpaired) electrons. The fraction of sp³-hybridized carbons (Fsp3) is 0.692. The maximum Gasteiger partial charge on any atom is 0.209 e. The van der Waals surface area contributed by atoms with Crippen molar-refractivity contribution in [3.05, 3.63) is 15.6 Å². The zero-order valence-corrected chi connectivity index (χ0v) is 14.6. The third-order valence-electron chi connectivity index (χ3n) is 2.95. The van der Waals surface area contributed by atoms with Crippen molar-refractivity contribution >= 4 is 23.1 Å². The summed E-state index contributed by atoms with van der Waals surface area (Å²) in [6.07, 6.45) is 0. The van der Waals surface area contributed by atoms with Crippen molar-refractivity contribution in [2.75, 3.05) is 13.1 Å². The highest BCUT2D eigenvalue weighted by Crippen LogP contribution is 2.24. The summed E-state index contributed by atoms with van der Waals surface area (Å²) in [6, 6.07) is 0. The summed E-state index contributed by atoms with van der Waals surface area (Å²) >= 11 is 3.38. The third-order valence-corrected chi connectivity index (χ3v) is 5.17. The average Bonchev–Trinajstić information content (AvgIpc) is 2.99. The molecule has 6 nitrogen and oxygen atoms in total. The van der Waals surface area contributed by atoms with Crippen molar-refractivity contribution in [2.24, 2.45) is 5.92 Å². The molecule has 0 aliphatic carbocycles. The monoisotopic (exact) mass is 326 g/mol. The lowest BCUT2D eigenvalue weighted by Gasteiger charge is -2.07. The van der Waals surface area contributed by atoms with E-state index in [1.165, 1.54) is 4.88 Å². The number of nitrogens with zero attached hydrogens (tertiary/aromatic N) is 5. The molecule has 2 aromatic heterocycles. The van der Waals surface area contributed by atoms with Crippen LogP contribution in [0.5, 0.6) is 0 Å². The van der Waals surface area contributed by atoms with E-state index >= 15 is 0 Å². The minimum atomic E-state index is 0.657. The van der Waals surface area contributed by atoms with Gasteiger partial charge >= 0.3 is 0 Å². The first kappa shape index (κ1) is 16.4. The number of hydrogen-bond acceptors (Lipinski definition) is 7. The van der Waals surface area contributed by atoms with Crippen LogP contribution in [0.4, 0.5) is 0 Å². The molecule has 0 unspecified atom stereocenters. The number of nitrogens with one attached hydrogen (secondary N) is 1. The largest absolute Gasteiger partial charge is 0.315 e. The van der Waals surface area contributed by atoms with Crippen molar-refractivity contribution in [3.8, 4) is 0 Å². The van der Waals surface area contributed by atoms with Crippen LogP contribution in [0.25, 0.3) is 0 Å². The number of rotatable bonds is 8. The lowest BCUT2D eigenvalue weighted by Crippen LogP contribution is -2.24. The van der Waals surface area contributed by atoms with Gasteiger partial charge in [0.05, 0.1) is 18.0 Å². The molecule has 21 heavy (non-hydrogen) atoms. The first-order valence-corrected chi connectivity index (χ1v) is 8.89. The Morgan fingerprint density at radius 1 is 1.33 bits per heavy atom. The van der Waals surface area contributed by atoms with E-state index < -0.39 is 0 Å². The first-order chi connectivity index (χ1) is 10.1. The lowest BCUT2D eigenvalue weighted by molar-refractivity contribution is 0.482. The molecular weight excluding hydrogens is 304 g/mol. The molecule has 0 aliphatic rings. The Balaban J connectivity index is 1.82. The molecule has 0 aliphatic heterocycles. The zero-order valence-electron chi connectivity index (χ0n) is 13.0. The van der Waals surface area contributed by atoms with Gasteiger partial charge in [-0.15, -0.1) is 16.4 Å². The SMILES string of the molecule is Cc1nc(CSc2nnnn2CCNCC(C)C)sc1C. The minimum Gasteiger partial charge on any atom is -0.315 e. The van der Waals surface area contributed by atoms with Gasteiger partial charge in [-0.1, -0.05) is 25.6 Å². The highest BCUT2D eigenvalue weighted by atomic mass is 32.2. The highest BCUT2D eigenvalue weighted by molar-refractivity contribution is 7.98. The molecule has 0 bridgehead atoms. The molecule has 8 heteroatoms. The molecule has 0 saturated heterocycles. The van der Waals surface area contributed by atoms with Gasteiger partial charge in [-0.3, -0.25) is 0 Å². The summed E-state index contributed by atoms with van der Waals surface area (Å²) in [5, 5.41) is 17.3. The van der Waals surface area contributed by atoms with Crippen LogP contribution < -0.4 is 5.32 Å². The van der Waals surface area contributed by atoms with Crippen LogP contribution in [0.1, 0.15) is 29.4 Å². The number of tetrazole rings is 1. The molecule has 2 rings (SSSR count). The summed E-state index contributed by atoms with van der Waals surface area (Å²) in [5.41, 5.74) is 1.12.